The number of aliphatic hydroxyl groups is 1. The normalized spacial score (nSPS) is 16.1. The maximum atomic E-state index is 13.7. The zero-order valence-corrected chi connectivity index (χ0v) is 10.4. The molecule has 0 amide bonds. The fraction of sp³-hybridized carbons (Fsp3) is 0.200. The van der Waals surface area contributed by atoms with Gasteiger partial charge in [-0.25, -0.2) is 4.39 Å². The quantitative estimate of drug-likeness (QED) is 0.884. The van der Waals surface area contributed by atoms with Crippen LogP contribution in [0.5, 0.6) is 0 Å². The molecule has 2 nitrogen and oxygen atoms in total. The smallest absolute Gasteiger partial charge is 0.146 e. The Bertz CT molecular complexity index is 517. The number of halogens is 1. The summed E-state index contributed by atoms with van der Waals surface area (Å²) in [5.74, 6) is -0.347. The molecule has 1 aromatic rings. The van der Waals surface area contributed by atoms with Gasteiger partial charge in [0.15, 0.2) is 0 Å². The summed E-state index contributed by atoms with van der Waals surface area (Å²) in [5, 5.41) is 9.13. The summed E-state index contributed by atoms with van der Waals surface area (Å²) < 4.78 is 13.7. The summed E-state index contributed by atoms with van der Waals surface area (Å²) in [6.45, 7) is 5.89. The number of allylic oxidation sites excluding steroid dienone is 3. The number of β-amino-alcohol motifs (C(OH)–C–C–N with tert-alkyl or cyclic N) is 1. The lowest BCUT2D eigenvalue weighted by Crippen LogP contribution is -2.27. The third-order valence-corrected chi connectivity index (χ3v) is 2.96. The highest BCUT2D eigenvalue weighted by Gasteiger charge is 2.23. The summed E-state index contributed by atoms with van der Waals surface area (Å²) in [5.41, 5.74) is 3.03. The van der Waals surface area contributed by atoms with E-state index in [1.54, 1.807) is 4.90 Å². The molecule has 0 aliphatic carbocycles. The van der Waals surface area contributed by atoms with Crippen LogP contribution in [0, 0.1) is 0 Å². The minimum absolute atomic E-state index is 0.0457. The standard InChI is InChI=1S/C15H16FNO/c1-11-10-14(16)12(2)17(8-9-18)15(11)13-6-4-3-5-7-13/h3-7,10,18H,2,8-9H2,1H3. The molecule has 1 N–H and O–H groups in total. The summed E-state index contributed by atoms with van der Waals surface area (Å²) in [4.78, 5) is 1.72. The van der Waals surface area contributed by atoms with E-state index in [0.29, 0.717) is 12.2 Å². The molecule has 0 unspecified atom stereocenters. The Morgan fingerprint density at radius 2 is 1.94 bits per heavy atom. The van der Waals surface area contributed by atoms with Crippen LogP contribution in [0.15, 0.2) is 60.1 Å². The largest absolute Gasteiger partial charge is 0.395 e. The van der Waals surface area contributed by atoms with Gasteiger partial charge in [0.25, 0.3) is 0 Å². The van der Waals surface area contributed by atoms with Crippen molar-refractivity contribution in [2.24, 2.45) is 0 Å². The molecule has 0 bridgehead atoms. The van der Waals surface area contributed by atoms with E-state index in [-0.39, 0.29) is 12.4 Å². The molecule has 18 heavy (non-hydrogen) atoms. The SMILES string of the molecule is C=C1C(F)=CC(C)=C(c2ccccc2)N1CCO. The minimum Gasteiger partial charge on any atom is -0.395 e. The second-order valence-corrected chi connectivity index (χ2v) is 4.21. The first kappa shape index (κ1) is 12.6. The van der Waals surface area contributed by atoms with Crippen molar-refractivity contribution < 1.29 is 9.50 Å². The van der Waals surface area contributed by atoms with Crippen molar-refractivity contribution in [2.45, 2.75) is 6.92 Å². The zero-order chi connectivity index (χ0) is 13.1. The van der Waals surface area contributed by atoms with E-state index in [0.717, 1.165) is 16.8 Å². The first-order chi connectivity index (χ1) is 8.65. The van der Waals surface area contributed by atoms with Crippen molar-refractivity contribution in [3.63, 3.8) is 0 Å². The van der Waals surface area contributed by atoms with Crippen LogP contribution >= 0.6 is 0 Å². The van der Waals surface area contributed by atoms with Crippen LogP contribution in [0.3, 0.4) is 0 Å². The number of rotatable bonds is 3. The lowest BCUT2D eigenvalue weighted by atomic mass is 10.0. The topological polar surface area (TPSA) is 23.5 Å². The Balaban J connectivity index is 2.52. The molecule has 2 rings (SSSR count). The molecule has 0 saturated carbocycles. The third-order valence-electron chi connectivity index (χ3n) is 2.96. The van der Waals surface area contributed by atoms with Gasteiger partial charge in [0.2, 0.25) is 0 Å². The summed E-state index contributed by atoms with van der Waals surface area (Å²) >= 11 is 0. The predicted molar refractivity (Wildman–Crippen MR) is 71.2 cm³/mol. The molecule has 1 aliphatic rings. The van der Waals surface area contributed by atoms with Crippen LogP contribution in [0.4, 0.5) is 4.39 Å². The summed E-state index contributed by atoms with van der Waals surface area (Å²) in [6.07, 6.45) is 1.48. The van der Waals surface area contributed by atoms with E-state index in [1.807, 2.05) is 37.3 Å². The van der Waals surface area contributed by atoms with Gasteiger partial charge in [-0.1, -0.05) is 36.9 Å². The minimum atomic E-state index is -0.347. The van der Waals surface area contributed by atoms with Gasteiger partial charge in [-0.2, -0.15) is 0 Å². The Morgan fingerprint density at radius 1 is 1.28 bits per heavy atom. The molecule has 0 aromatic heterocycles. The maximum Gasteiger partial charge on any atom is 0.146 e. The number of benzene rings is 1. The van der Waals surface area contributed by atoms with Crippen molar-refractivity contribution >= 4 is 5.70 Å². The van der Waals surface area contributed by atoms with Gasteiger partial charge >= 0.3 is 0 Å². The maximum absolute atomic E-state index is 13.7. The highest BCUT2D eigenvalue weighted by Crippen LogP contribution is 2.34. The number of hydrogen-bond acceptors (Lipinski definition) is 2. The van der Waals surface area contributed by atoms with E-state index < -0.39 is 0 Å². The molecule has 0 saturated heterocycles. The average molecular weight is 245 g/mol. The highest BCUT2D eigenvalue weighted by atomic mass is 19.1. The van der Waals surface area contributed by atoms with E-state index in [4.69, 9.17) is 5.11 Å². The van der Waals surface area contributed by atoms with Crippen LogP contribution < -0.4 is 0 Å². The monoisotopic (exact) mass is 245 g/mol. The van der Waals surface area contributed by atoms with Gasteiger partial charge in [-0.05, 0) is 24.1 Å². The van der Waals surface area contributed by atoms with Crippen LogP contribution in [0.2, 0.25) is 0 Å². The van der Waals surface area contributed by atoms with E-state index >= 15 is 0 Å². The lowest BCUT2D eigenvalue weighted by Gasteiger charge is -2.32. The van der Waals surface area contributed by atoms with Gasteiger partial charge < -0.3 is 10.0 Å². The summed E-state index contributed by atoms with van der Waals surface area (Å²) in [6, 6.07) is 9.74. The highest BCUT2D eigenvalue weighted by molar-refractivity contribution is 5.73. The van der Waals surface area contributed by atoms with Crippen LogP contribution in [-0.4, -0.2) is 23.2 Å². The number of aliphatic hydroxyl groups excluding tert-OH is 1. The molecule has 1 aromatic carbocycles. The van der Waals surface area contributed by atoms with Crippen molar-refractivity contribution in [2.75, 3.05) is 13.2 Å². The molecule has 0 radical (unpaired) electrons. The third kappa shape index (κ3) is 2.22. The van der Waals surface area contributed by atoms with Gasteiger partial charge in [0, 0.05) is 6.54 Å². The van der Waals surface area contributed by atoms with Crippen molar-refractivity contribution in [1.82, 2.24) is 4.90 Å². The molecular formula is C15H16FNO. The first-order valence-electron chi connectivity index (χ1n) is 5.86. The van der Waals surface area contributed by atoms with Crippen LogP contribution in [0.25, 0.3) is 5.70 Å². The fourth-order valence-corrected chi connectivity index (χ4v) is 2.14. The second-order valence-electron chi connectivity index (χ2n) is 4.21. The fourth-order valence-electron chi connectivity index (χ4n) is 2.14. The molecule has 94 valence electrons. The molecule has 3 heteroatoms. The van der Waals surface area contributed by atoms with Gasteiger partial charge in [-0.15, -0.1) is 0 Å². The van der Waals surface area contributed by atoms with Crippen molar-refractivity contribution in [1.29, 1.82) is 0 Å². The molecule has 1 aliphatic heterocycles. The van der Waals surface area contributed by atoms with Crippen molar-refractivity contribution in [3.05, 3.63) is 65.6 Å². The Labute approximate surface area is 106 Å². The van der Waals surface area contributed by atoms with Crippen molar-refractivity contribution in [3.8, 4) is 0 Å². The van der Waals surface area contributed by atoms with Crippen LogP contribution in [0.1, 0.15) is 12.5 Å². The Hall–Kier alpha value is -1.87. The van der Waals surface area contributed by atoms with Crippen LogP contribution in [-0.2, 0) is 0 Å². The molecule has 0 fully saturated rings. The van der Waals surface area contributed by atoms with E-state index in [2.05, 4.69) is 6.58 Å². The lowest BCUT2D eigenvalue weighted by molar-refractivity contribution is 0.259. The van der Waals surface area contributed by atoms with E-state index in [1.165, 1.54) is 6.08 Å². The Morgan fingerprint density at radius 3 is 2.56 bits per heavy atom. The zero-order valence-electron chi connectivity index (χ0n) is 10.4. The number of hydrogen-bond donors (Lipinski definition) is 1. The number of nitrogens with zero attached hydrogens (tertiary/aromatic N) is 1. The summed E-state index contributed by atoms with van der Waals surface area (Å²) in [7, 11) is 0. The molecular weight excluding hydrogens is 229 g/mol. The average Bonchev–Trinajstić information content (AvgIpc) is 2.37. The van der Waals surface area contributed by atoms with E-state index in [9.17, 15) is 4.39 Å². The molecule has 0 atom stereocenters. The van der Waals surface area contributed by atoms with Gasteiger partial charge in [0.1, 0.15) is 5.83 Å². The van der Waals surface area contributed by atoms with Gasteiger partial charge in [0.05, 0.1) is 18.0 Å². The molecule has 0 spiro atoms. The predicted octanol–water partition coefficient (Wildman–Crippen LogP) is 3.09. The first-order valence-corrected chi connectivity index (χ1v) is 5.86. The Kier molecular flexibility index (Phi) is 3.63. The molecule has 1 heterocycles. The second kappa shape index (κ2) is 5.19. The van der Waals surface area contributed by atoms with Gasteiger partial charge in [-0.3, -0.25) is 0 Å².